The quantitative estimate of drug-likeness (QED) is 0.845. The van der Waals surface area contributed by atoms with E-state index in [2.05, 4.69) is 28.4 Å². The Labute approximate surface area is 120 Å². The summed E-state index contributed by atoms with van der Waals surface area (Å²) in [5.74, 6) is -0.247. The van der Waals surface area contributed by atoms with Gasteiger partial charge in [-0.25, -0.2) is 4.98 Å². The first-order chi connectivity index (χ1) is 9.72. The lowest BCUT2D eigenvalue weighted by atomic mass is 9.89. The van der Waals surface area contributed by atoms with Gasteiger partial charge in [-0.3, -0.25) is 4.90 Å². The van der Waals surface area contributed by atoms with Gasteiger partial charge in [0.25, 0.3) is 0 Å². The zero-order valence-electron chi connectivity index (χ0n) is 12.5. The molecule has 3 rings (SSSR count). The van der Waals surface area contributed by atoms with E-state index in [0.29, 0.717) is 6.04 Å². The van der Waals surface area contributed by atoms with Crippen LogP contribution >= 0.6 is 0 Å². The molecule has 1 spiro atoms. The van der Waals surface area contributed by atoms with E-state index in [4.69, 9.17) is 9.47 Å². The summed E-state index contributed by atoms with van der Waals surface area (Å²) in [5.41, 5.74) is 1.30. The van der Waals surface area contributed by atoms with Crippen LogP contribution in [0.25, 0.3) is 0 Å². The summed E-state index contributed by atoms with van der Waals surface area (Å²) >= 11 is 0. The molecule has 5 heteroatoms. The van der Waals surface area contributed by atoms with Crippen LogP contribution in [0, 0.1) is 0 Å². The minimum absolute atomic E-state index is 0.247. The summed E-state index contributed by atoms with van der Waals surface area (Å²) in [6, 6.07) is 0.619. The number of nitrogens with zero attached hydrogens (tertiary/aromatic N) is 3. The summed E-state index contributed by atoms with van der Waals surface area (Å²) in [6.45, 7) is 5.63. The third-order valence-corrected chi connectivity index (χ3v) is 4.70. The van der Waals surface area contributed by atoms with E-state index in [1.807, 2.05) is 12.5 Å². The molecule has 0 aromatic carbocycles. The number of aryl methyl sites for hydroxylation is 1. The normalized spacial score (nSPS) is 22.9. The average molecular weight is 279 g/mol. The Balaban J connectivity index is 1.55. The molecule has 2 aliphatic rings. The summed E-state index contributed by atoms with van der Waals surface area (Å²) in [5, 5.41) is 0. The first-order valence-electron chi connectivity index (χ1n) is 7.69. The standard InChI is InChI=1S/C15H25N3O2/c1-3-18-12-16-10-14(18)11-17(2)13-4-6-15(7-5-13)19-8-9-20-15/h10,12-13H,3-9,11H2,1-2H3. The lowest BCUT2D eigenvalue weighted by Gasteiger charge is -2.39. The van der Waals surface area contributed by atoms with E-state index in [-0.39, 0.29) is 5.79 Å². The van der Waals surface area contributed by atoms with Crippen molar-refractivity contribution in [2.45, 2.75) is 57.5 Å². The molecule has 2 fully saturated rings. The van der Waals surface area contributed by atoms with E-state index in [9.17, 15) is 0 Å². The molecular weight excluding hydrogens is 254 g/mol. The van der Waals surface area contributed by atoms with E-state index >= 15 is 0 Å². The fraction of sp³-hybridized carbons (Fsp3) is 0.800. The van der Waals surface area contributed by atoms with Gasteiger partial charge in [-0.2, -0.15) is 0 Å². The van der Waals surface area contributed by atoms with Crippen molar-refractivity contribution in [3.05, 3.63) is 18.2 Å². The number of hydrogen-bond donors (Lipinski definition) is 0. The molecule has 1 aliphatic carbocycles. The fourth-order valence-corrected chi connectivity index (χ4v) is 3.42. The predicted molar refractivity (Wildman–Crippen MR) is 76.3 cm³/mol. The summed E-state index contributed by atoms with van der Waals surface area (Å²) in [7, 11) is 2.21. The topological polar surface area (TPSA) is 39.5 Å². The highest BCUT2D eigenvalue weighted by Gasteiger charge is 2.41. The molecule has 0 amide bonds. The summed E-state index contributed by atoms with van der Waals surface area (Å²) in [6.07, 6.45) is 8.24. The molecule has 20 heavy (non-hydrogen) atoms. The second kappa shape index (κ2) is 5.84. The first kappa shape index (κ1) is 14.0. The largest absolute Gasteiger partial charge is 0.348 e. The maximum atomic E-state index is 5.80. The summed E-state index contributed by atoms with van der Waals surface area (Å²) in [4.78, 5) is 6.69. The number of imidazole rings is 1. The molecular formula is C15H25N3O2. The SMILES string of the molecule is CCn1cncc1CN(C)C1CCC2(CC1)OCCO2. The average Bonchev–Trinajstić information content (AvgIpc) is 3.09. The van der Waals surface area contributed by atoms with E-state index in [0.717, 1.165) is 52.0 Å². The van der Waals surface area contributed by atoms with Crippen LogP contribution in [-0.2, 0) is 22.6 Å². The molecule has 1 aromatic heterocycles. The molecule has 0 radical (unpaired) electrons. The van der Waals surface area contributed by atoms with E-state index < -0.39 is 0 Å². The number of hydrogen-bond acceptors (Lipinski definition) is 4. The van der Waals surface area contributed by atoms with Crippen molar-refractivity contribution in [1.29, 1.82) is 0 Å². The maximum Gasteiger partial charge on any atom is 0.168 e. The maximum absolute atomic E-state index is 5.80. The van der Waals surface area contributed by atoms with Crippen molar-refractivity contribution in [3.63, 3.8) is 0 Å². The molecule has 2 heterocycles. The number of aromatic nitrogens is 2. The Kier molecular flexibility index (Phi) is 4.10. The van der Waals surface area contributed by atoms with Crippen molar-refractivity contribution in [3.8, 4) is 0 Å². The second-order valence-electron chi connectivity index (χ2n) is 5.92. The molecule has 0 N–H and O–H groups in total. The molecule has 1 aromatic rings. The van der Waals surface area contributed by atoms with Gasteiger partial charge in [0.2, 0.25) is 0 Å². The third-order valence-electron chi connectivity index (χ3n) is 4.70. The van der Waals surface area contributed by atoms with E-state index in [1.165, 1.54) is 5.69 Å². The molecule has 112 valence electrons. The van der Waals surface area contributed by atoms with Gasteiger partial charge in [-0.1, -0.05) is 0 Å². The lowest BCUT2D eigenvalue weighted by Crippen LogP contribution is -2.42. The molecule has 1 saturated carbocycles. The van der Waals surface area contributed by atoms with Crippen LogP contribution in [0.2, 0.25) is 0 Å². The first-order valence-corrected chi connectivity index (χ1v) is 7.69. The van der Waals surface area contributed by atoms with Crippen LogP contribution in [0.4, 0.5) is 0 Å². The zero-order chi connectivity index (χ0) is 14.0. The Morgan fingerprint density at radius 2 is 2.05 bits per heavy atom. The highest BCUT2D eigenvalue weighted by Crippen LogP contribution is 2.37. The Bertz CT molecular complexity index is 430. The third kappa shape index (κ3) is 2.75. The van der Waals surface area contributed by atoms with Crippen molar-refractivity contribution in [1.82, 2.24) is 14.5 Å². The van der Waals surface area contributed by atoms with Crippen LogP contribution in [0.15, 0.2) is 12.5 Å². The Hall–Kier alpha value is -0.910. The Morgan fingerprint density at radius 3 is 2.70 bits per heavy atom. The second-order valence-corrected chi connectivity index (χ2v) is 5.92. The fourth-order valence-electron chi connectivity index (χ4n) is 3.42. The van der Waals surface area contributed by atoms with Crippen molar-refractivity contribution in [2.75, 3.05) is 20.3 Å². The molecule has 0 atom stereocenters. The van der Waals surface area contributed by atoms with Crippen LogP contribution < -0.4 is 0 Å². The Morgan fingerprint density at radius 1 is 1.35 bits per heavy atom. The van der Waals surface area contributed by atoms with Gasteiger partial charge in [0.1, 0.15) is 0 Å². The van der Waals surface area contributed by atoms with Gasteiger partial charge in [0, 0.05) is 38.2 Å². The van der Waals surface area contributed by atoms with Crippen LogP contribution in [0.3, 0.4) is 0 Å². The van der Waals surface area contributed by atoms with Crippen LogP contribution in [-0.4, -0.2) is 46.5 Å². The molecule has 1 aliphatic heterocycles. The lowest BCUT2D eigenvalue weighted by molar-refractivity contribution is -0.183. The van der Waals surface area contributed by atoms with Crippen molar-refractivity contribution < 1.29 is 9.47 Å². The predicted octanol–water partition coefficient (Wildman–Crippen LogP) is 2.02. The van der Waals surface area contributed by atoms with Crippen molar-refractivity contribution >= 4 is 0 Å². The number of rotatable bonds is 4. The molecule has 0 unspecified atom stereocenters. The van der Waals surface area contributed by atoms with Gasteiger partial charge < -0.3 is 14.0 Å². The van der Waals surface area contributed by atoms with Crippen molar-refractivity contribution in [2.24, 2.45) is 0 Å². The molecule has 0 bridgehead atoms. The smallest absolute Gasteiger partial charge is 0.168 e. The number of ether oxygens (including phenoxy) is 2. The van der Waals surface area contributed by atoms with Gasteiger partial charge >= 0.3 is 0 Å². The van der Waals surface area contributed by atoms with Gasteiger partial charge in [0.05, 0.1) is 25.2 Å². The highest BCUT2D eigenvalue weighted by atomic mass is 16.7. The minimum atomic E-state index is -0.247. The monoisotopic (exact) mass is 279 g/mol. The van der Waals surface area contributed by atoms with Gasteiger partial charge in [-0.05, 0) is 26.8 Å². The van der Waals surface area contributed by atoms with Crippen LogP contribution in [0.1, 0.15) is 38.3 Å². The molecule has 5 nitrogen and oxygen atoms in total. The van der Waals surface area contributed by atoms with Gasteiger partial charge in [0.15, 0.2) is 5.79 Å². The van der Waals surface area contributed by atoms with E-state index in [1.54, 1.807) is 0 Å². The zero-order valence-corrected chi connectivity index (χ0v) is 12.5. The molecule has 1 saturated heterocycles. The highest BCUT2D eigenvalue weighted by molar-refractivity contribution is 4.99. The van der Waals surface area contributed by atoms with Crippen LogP contribution in [0.5, 0.6) is 0 Å². The summed E-state index contributed by atoms with van der Waals surface area (Å²) < 4.78 is 13.8. The minimum Gasteiger partial charge on any atom is -0.348 e. The van der Waals surface area contributed by atoms with Gasteiger partial charge in [-0.15, -0.1) is 0 Å².